The van der Waals surface area contributed by atoms with Crippen molar-refractivity contribution in [2.45, 2.75) is 25.9 Å². The number of oxazole rings is 1. The maximum atomic E-state index is 5.81. The van der Waals surface area contributed by atoms with Crippen LogP contribution in [0, 0.1) is 0 Å². The van der Waals surface area contributed by atoms with Crippen LogP contribution in [0.2, 0.25) is 0 Å². The van der Waals surface area contributed by atoms with Crippen molar-refractivity contribution in [3.8, 4) is 0 Å². The van der Waals surface area contributed by atoms with Crippen LogP contribution in [-0.2, 0) is 6.54 Å². The Morgan fingerprint density at radius 1 is 1.40 bits per heavy atom. The van der Waals surface area contributed by atoms with Gasteiger partial charge in [-0.1, -0.05) is 6.07 Å². The minimum Gasteiger partial charge on any atom is -0.439 e. The van der Waals surface area contributed by atoms with Crippen LogP contribution in [0.1, 0.15) is 30.8 Å². The van der Waals surface area contributed by atoms with Crippen LogP contribution in [0.3, 0.4) is 0 Å². The molecule has 5 heteroatoms. The second-order valence-corrected chi connectivity index (χ2v) is 5.52. The zero-order valence-electron chi connectivity index (χ0n) is 11.9. The molecule has 2 aromatic rings. The second kappa shape index (κ2) is 5.91. The molecule has 1 aromatic carbocycles. The first kappa shape index (κ1) is 13.5. The van der Waals surface area contributed by atoms with Crippen molar-refractivity contribution in [3.05, 3.63) is 29.7 Å². The first-order valence-corrected chi connectivity index (χ1v) is 7.30. The first-order valence-electron chi connectivity index (χ1n) is 7.30. The minimum absolute atomic E-state index is 0.164. The van der Waals surface area contributed by atoms with Gasteiger partial charge in [0.25, 0.3) is 0 Å². The fraction of sp³-hybridized carbons (Fsp3) is 0.533. The average Bonchev–Trinajstić information content (AvgIpc) is 2.69. The third-order valence-corrected chi connectivity index (χ3v) is 3.70. The summed E-state index contributed by atoms with van der Waals surface area (Å²) in [6, 6.07) is 6.07. The lowest BCUT2D eigenvalue weighted by molar-refractivity contribution is 0.284. The van der Waals surface area contributed by atoms with Crippen LogP contribution in [0.5, 0.6) is 0 Å². The van der Waals surface area contributed by atoms with E-state index in [0.717, 1.165) is 43.8 Å². The van der Waals surface area contributed by atoms with Gasteiger partial charge >= 0.3 is 0 Å². The lowest BCUT2D eigenvalue weighted by atomic mass is 10.2. The van der Waals surface area contributed by atoms with Gasteiger partial charge < -0.3 is 15.5 Å². The topological polar surface area (TPSA) is 67.3 Å². The lowest BCUT2D eigenvalue weighted by Gasteiger charge is -2.19. The van der Waals surface area contributed by atoms with E-state index in [1.807, 2.05) is 13.0 Å². The monoisotopic (exact) mass is 274 g/mol. The Morgan fingerprint density at radius 2 is 2.30 bits per heavy atom. The zero-order valence-corrected chi connectivity index (χ0v) is 11.9. The molecule has 0 aliphatic carbocycles. The number of hydrogen-bond acceptors (Lipinski definition) is 5. The fourth-order valence-electron chi connectivity index (χ4n) is 2.60. The van der Waals surface area contributed by atoms with Gasteiger partial charge in [0.2, 0.25) is 5.89 Å². The molecule has 0 bridgehead atoms. The summed E-state index contributed by atoms with van der Waals surface area (Å²) in [5.41, 5.74) is 8.82. The molecule has 1 saturated heterocycles. The molecule has 1 aliphatic rings. The van der Waals surface area contributed by atoms with Crippen molar-refractivity contribution < 1.29 is 4.42 Å². The molecule has 0 spiro atoms. The molecule has 0 saturated carbocycles. The molecule has 3 N–H and O–H groups in total. The summed E-state index contributed by atoms with van der Waals surface area (Å²) < 4.78 is 5.63. The highest BCUT2D eigenvalue weighted by molar-refractivity contribution is 5.73. The van der Waals surface area contributed by atoms with Gasteiger partial charge in [0, 0.05) is 19.6 Å². The Kier molecular flexibility index (Phi) is 4.00. The number of rotatable bonds is 3. The molecule has 20 heavy (non-hydrogen) atoms. The number of nitrogens with two attached hydrogens (primary N) is 1. The van der Waals surface area contributed by atoms with Crippen molar-refractivity contribution >= 4 is 11.1 Å². The van der Waals surface area contributed by atoms with Gasteiger partial charge in [-0.15, -0.1) is 0 Å². The van der Waals surface area contributed by atoms with E-state index >= 15 is 0 Å². The molecule has 1 aliphatic heterocycles. The molecule has 1 atom stereocenters. The Morgan fingerprint density at radius 3 is 3.15 bits per heavy atom. The van der Waals surface area contributed by atoms with E-state index in [1.54, 1.807) is 0 Å². The predicted molar refractivity (Wildman–Crippen MR) is 79.4 cm³/mol. The van der Waals surface area contributed by atoms with E-state index in [9.17, 15) is 0 Å². The zero-order chi connectivity index (χ0) is 13.9. The van der Waals surface area contributed by atoms with Crippen LogP contribution >= 0.6 is 0 Å². The summed E-state index contributed by atoms with van der Waals surface area (Å²) in [6.45, 7) is 7.29. The third-order valence-electron chi connectivity index (χ3n) is 3.70. The normalized spacial score (nSPS) is 19.1. The lowest BCUT2D eigenvalue weighted by Crippen LogP contribution is -2.27. The molecule has 108 valence electrons. The van der Waals surface area contributed by atoms with E-state index in [0.29, 0.717) is 5.89 Å². The van der Waals surface area contributed by atoms with Gasteiger partial charge in [-0.3, -0.25) is 4.90 Å². The standard InChI is InChI=1S/C15H22N4O/c1-11(16)15-18-13-9-12(3-4-14(13)20-15)10-19-7-2-5-17-6-8-19/h3-4,9,11,17H,2,5-8,10,16H2,1H3. The molecule has 1 unspecified atom stereocenters. The maximum absolute atomic E-state index is 5.81. The van der Waals surface area contributed by atoms with Gasteiger partial charge in [0.05, 0.1) is 6.04 Å². The Labute approximate surface area is 119 Å². The fourth-order valence-corrected chi connectivity index (χ4v) is 2.60. The van der Waals surface area contributed by atoms with E-state index in [1.165, 1.54) is 12.0 Å². The summed E-state index contributed by atoms with van der Waals surface area (Å²) >= 11 is 0. The summed E-state index contributed by atoms with van der Waals surface area (Å²) in [7, 11) is 0. The number of nitrogens with one attached hydrogen (secondary N) is 1. The highest BCUT2D eigenvalue weighted by atomic mass is 16.3. The van der Waals surface area contributed by atoms with Gasteiger partial charge in [-0.05, 0) is 44.1 Å². The summed E-state index contributed by atoms with van der Waals surface area (Å²) in [5.74, 6) is 0.608. The minimum atomic E-state index is -0.164. The molecule has 3 rings (SSSR count). The summed E-state index contributed by atoms with van der Waals surface area (Å²) in [5, 5.41) is 3.43. The van der Waals surface area contributed by atoms with Crippen LogP contribution in [-0.4, -0.2) is 36.1 Å². The van der Waals surface area contributed by atoms with E-state index in [-0.39, 0.29) is 6.04 Å². The van der Waals surface area contributed by atoms with Gasteiger partial charge in [0.15, 0.2) is 5.58 Å². The molecule has 2 heterocycles. The number of fused-ring (bicyclic) bond motifs is 1. The second-order valence-electron chi connectivity index (χ2n) is 5.52. The summed E-state index contributed by atoms with van der Waals surface area (Å²) in [4.78, 5) is 6.94. The van der Waals surface area contributed by atoms with E-state index < -0.39 is 0 Å². The smallest absolute Gasteiger partial charge is 0.212 e. The highest BCUT2D eigenvalue weighted by Gasteiger charge is 2.12. The van der Waals surface area contributed by atoms with Crippen LogP contribution in [0.25, 0.3) is 11.1 Å². The number of nitrogens with zero attached hydrogens (tertiary/aromatic N) is 2. The van der Waals surface area contributed by atoms with Crippen LogP contribution in [0.15, 0.2) is 22.6 Å². The van der Waals surface area contributed by atoms with E-state index in [2.05, 4.69) is 27.3 Å². The number of benzene rings is 1. The van der Waals surface area contributed by atoms with Crippen LogP contribution in [0.4, 0.5) is 0 Å². The summed E-state index contributed by atoms with van der Waals surface area (Å²) in [6.07, 6.45) is 1.21. The van der Waals surface area contributed by atoms with Gasteiger partial charge in [0.1, 0.15) is 5.52 Å². The molecule has 1 fully saturated rings. The average molecular weight is 274 g/mol. The quantitative estimate of drug-likeness (QED) is 0.890. The Balaban J connectivity index is 1.77. The number of hydrogen-bond donors (Lipinski definition) is 2. The van der Waals surface area contributed by atoms with Gasteiger partial charge in [-0.2, -0.15) is 0 Å². The predicted octanol–water partition coefficient (Wildman–Crippen LogP) is 1.64. The molecule has 5 nitrogen and oxygen atoms in total. The molecular formula is C15H22N4O. The first-order chi connectivity index (χ1) is 9.72. The van der Waals surface area contributed by atoms with Gasteiger partial charge in [-0.25, -0.2) is 4.98 Å². The molecule has 0 radical (unpaired) electrons. The van der Waals surface area contributed by atoms with Crippen molar-refractivity contribution in [2.75, 3.05) is 26.2 Å². The third kappa shape index (κ3) is 3.00. The SMILES string of the molecule is CC(N)c1nc2cc(CN3CCCNCC3)ccc2o1. The molecule has 0 amide bonds. The molecule has 1 aromatic heterocycles. The number of aromatic nitrogens is 1. The van der Waals surface area contributed by atoms with Crippen molar-refractivity contribution in [2.24, 2.45) is 5.73 Å². The maximum Gasteiger partial charge on any atom is 0.212 e. The largest absolute Gasteiger partial charge is 0.439 e. The van der Waals surface area contributed by atoms with Crippen molar-refractivity contribution in [1.82, 2.24) is 15.2 Å². The van der Waals surface area contributed by atoms with Crippen molar-refractivity contribution in [3.63, 3.8) is 0 Å². The Bertz CT molecular complexity index is 570. The van der Waals surface area contributed by atoms with Crippen LogP contribution < -0.4 is 11.1 Å². The van der Waals surface area contributed by atoms with Crippen molar-refractivity contribution in [1.29, 1.82) is 0 Å². The highest BCUT2D eigenvalue weighted by Crippen LogP contribution is 2.21. The van der Waals surface area contributed by atoms with E-state index in [4.69, 9.17) is 10.2 Å². The molecular weight excluding hydrogens is 252 g/mol. The Hall–Kier alpha value is -1.43.